The fourth-order valence-corrected chi connectivity index (χ4v) is 2.39. The number of hydrogen-bond donors (Lipinski definition) is 1. The fourth-order valence-electron chi connectivity index (χ4n) is 2.26. The SMILES string of the molecule is O=C(CCCCl)Nc1ccccc1-c1nc(-c2ccccc2)no1. The number of carbonyl (C=O) groups excluding carboxylic acids is 1. The summed E-state index contributed by atoms with van der Waals surface area (Å²) in [5.74, 6) is 1.24. The second-order valence-electron chi connectivity index (χ2n) is 5.18. The van der Waals surface area contributed by atoms with Gasteiger partial charge in [0, 0.05) is 17.9 Å². The van der Waals surface area contributed by atoms with Gasteiger partial charge in [0.25, 0.3) is 5.89 Å². The van der Waals surface area contributed by atoms with E-state index in [0.717, 1.165) is 5.56 Å². The maximum atomic E-state index is 11.9. The molecule has 1 heterocycles. The Balaban J connectivity index is 1.85. The molecule has 0 aliphatic carbocycles. The largest absolute Gasteiger partial charge is 0.334 e. The summed E-state index contributed by atoms with van der Waals surface area (Å²) in [6, 6.07) is 16.9. The summed E-state index contributed by atoms with van der Waals surface area (Å²) in [7, 11) is 0. The van der Waals surface area contributed by atoms with Gasteiger partial charge in [-0.05, 0) is 18.6 Å². The van der Waals surface area contributed by atoms with Crippen LogP contribution in [0.2, 0.25) is 0 Å². The van der Waals surface area contributed by atoms with Crippen LogP contribution in [0.5, 0.6) is 0 Å². The van der Waals surface area contributed by atoms with Crippen LogP contribution in [0, 0.1) is 0 Å². The second-order valence-corrected chi connectivity index (χ2v) is 5.55. The molecular weight excluding hydrogens is 326 g/mol. The van der Waals surface area contributed by atoms with E-state index in [4.69, 9.17) is 16.1 Å². The zero-order valence-corrected chi connectivity index (χ0v) is 13.7. The van der Waals surface area contributed by atoms with Crippen molar-refractivity contribution in [2.24, 2.45) is 0 Å². The third-order valence-electron chi connectivity index (χ3n) is 3.43. The second kappa shape index (κ2) is 7.75. The molecule has 2 aromatic carbocycles. The lowest BCUT2D eigenvalue weighted by Gasteiger charge is -2.07. The molecular formula is C18H16ClN3O2. The van der Waals surface area contributed by atoms with Crippen molar-refractivity contribution in [3.05, 3.63) is 54.6 Å². The zero-order chi connectivity index (χ0) is 16.8. The molecule has 1 amide bonds. The summed E-state index contributed by atoms with van der Waals surface area (Å²) in [6.07, 6.45) is 1.01. The van der Waals surface area contributed by atoms with E-state index in [2.05, 4.69) is 15.5 Å². The average molecular weight is 342 g/mol. The molecule has 0 spiro atoms. The number of hydrogen-bond acceptors (Lipinski definition) is 4. The van der Waals surface area contributed by atoms with Gasteiger partial charge in [-0.25, -0.2) is 0 Å². The van der Waals surface area contributed by atoms with E-state index in [0.29, 0.717) is 41.7 Å². The normalized spacial score (nSPS) is 10.5. The Morgan fingerprint density at radius 3 is 2.62 bits per heavy atom. The molecule has 0 saturated carbocycles. The van der Waals surface area contributed by atoms with E-state index in [9.17, 15) is 4.79 Å². The Labute approximate surface area is 144 Å². The molecule has 0 saturated heterocycles. The number of carbonyl (C=O) groups is 1. The van der Waals surface area contributed by atoms with Crippen LogP contribution in [-0.2, 0) is 4.79 Å². The van der Waals surface area contributed by atoms with Crippen molar-refractivity contribution in [1.82, 2.24) is 10.1 Å². The smallest absolute Gasteiger partial charge is 0.260 e. The molecule has 1 N–H and O–H groups in total. The first-order valence-electron chi connectivity index (χ1n) is 7.62. The van der Waals surface area contributed by atoms with E-state index in [1.165, 1.54) is 0 Å². The van der Waals surface area contributed by atoms with Crippen molar-refractivity contribution >= 4 is 23.2 Å². The summed E-state index contributed by atoms with van der Waals surface area (Å²) in [5.41, 5.74) is 2.20. The molecule has 122 valence electrons. The Hall–Kier alpha value is -2.66. The minimum Gasteiger partial charge on any atom is -0.334 e. The summed E-state index contributed by atoms with van der Waals surface area (Å²) in [4.78, 5) is 16.4. The van der Waals surface area contributed by atoms with Gasteiger partial charge in [-0.3, -0.25) is 4.79 Å². The van der Waals surface area contributed by atoms with Crippen LogP contribution in [0.1, 0.15) is 12.8 Å². The lowest BCUT2D eigenvalue weighted by molar-refractivity contribution is -0.116. The Morgan fingerprint density at radius 1 is 1.08 bits per heavy atom. The van der Waals surface area contributed by atoms with E-state index in [1.54, 1.807) is 6.07 Å². The van der Waals surface area contributed by atoms with Crippen molar-refractivity contribution in [3.63, 3.8) is 0 Å². The van der Waals surface area contributed by atoms with Gasteiger partial charge in [0.1, 0.15) is 0 Å². The first kappa shape index (κ1) is 16.2. The number of nitrogens with zero attached hydrogens (tertiary/aromatic N) is 2. The van der Waals surface area contributed by atoms with Gasteiger partial charge in [-0.2, -0.15) is 4.98 Å². The molecule has 0 fully saturated rings. The van der Waals surface area contributed by atoms with Crippen molar-refractivity contribution in [2.45, 2.75) is 12.8 Å². The first-order valence-corrected chi connectivity index (χ1v) is 8.16. The van der Waals surface area contributed by atoms with E-state index in [1.807, 2.05) is 48.5 Å². The number of amides is 1. The van der Waals surface area contributed by atoms with Crippen LogP contribution in [0.3, 0.4) is 0 Å². The first-order chi connectivity index (χ1) is 11.8. The average Bonchev–Trinajstić information content (AvgIpc) is 3.11. The molecule has 24 heavy (non-hydrogen) atoms. The third-order valence-corrected chi connectivity index (χ3v) is 3.69. The van der Waals surface area contributed by atoms with Gasteiger partial charge in [0.2, 0.25) is 11.7 Å². The Morgan fingerprint density at radius 2 is 1.83 bits per heavy atom. The van der Waals surface area contributed by atoms with Crippen molar-refractivity contribution in [1.29, 1.82) is 0 Å². The van der Waals surface area contributed by atoms with Crippen molar-refractivity contribution in [2.75, 3.05) is 11.2 Å². The van der Waals surface area contributed by atoms with Gasteiger partial charge < -0.3 is 9.84 Å². The predicted molar refractivity (Wildman–Crippen MR) is 93.8 cm³/mol. The number of halogens is 1. The minimum absolute atomic E-state index is 0.0918. The molecule has 0 bridgehead atoms. The standard InChI is InChI=1S/C18H16ClN3O2/c19-12-6-11-16(23)20-15-10-5-4-9-14(15)18-21-17(22-24-18)13-7-2-1-3-8-13/h1-5,7-10H,6,11-12H2,(H,20,23). The van der Waals surface area contributed by atoms with Crippen molar-refractivity contribution < 1.29 is 9.32 Å². The van der Waals surface area contributed by atoms with Crippen LogP contribution >= 0.6 is 11.6 Å². The number of benzene rings is 2. The maximum Gasteiger partial charge on any atom is 0.260 e. The minimum atomic E-state index is -0.0918. The predicted octanol–water partition coefficient (Wildman–Crippen LogP) is 4.36. The molecule has 0 radical (unpaired) electrons. The molecule has 3 aromatic rings. The molecule has 0 unspecified atom stereocenters. The molecule has 3 rings (SSSR count). The number of aromatic nitrogens is 2. The van der Waals surface area contributed by atoms with Gasteiger partial charge in [0.05, 0.1) is 11.3 Å². The highest BCUT2D eigenvalue weighted by Crippen LogP contribution is 2.28. The molecule has 5 nitrogen and oxygen atoms in total. The molecule has 0 atom stereocenters. The maximum absolute atomic E-state index is 11.9. The number of alkyl halides is 1. The highest BCUT2D eigenvalue weighted by molar-refractivity contribution is 6.18. The summed E-state index contributed by atoms with van der Waals surface area (Å²) < 4.78 is 5.37. The quantitative estimate of drug-likeness (QED) is 0.676. The van der Waals surface area contributed by atoms with Crippen LogP contribution in [0.4, 0.5) is 5.69 Å². The molecule has 6 heteroatoms. The fraction of sp³-hybridized carbons (Fsp3) is 0.167. The summed E-state index contributed by atoms with van der Waals surface area (Å²) >= 11 is 5.62. The van der Waals surface area contributed by atoms with Gasteiger partial charge in [-0.1, -0.05) is 47.6 Å². The number of anilines is 1. The van der Waals surface area contributed by atoms with Crippen LogP contribution in [-0.4, -0.2) is 21.9 Å². The zero-order valence-electron chi connectivity index (χ0n) is 12.9. The number of nitrogens with one attached hydrogen (secondary N) is 1. The van der Waals surface area contributed by atoms with Gasteiger partial charge >= 0.3 is 0 Å². The highest BCUT2D eigenvalue weighted by atomic mass is 35.5. The highest BCUT2D eigenvalue weighted by Gasteiger charge is 2.15. The van der Waals surface area contributed by atoms with Crippen molar-refractivity contribution in [3.8, 4) is 22.8 Å². The lowest BCUT2D eigenvalue weighted by atomic mass is 10.1. The van der Waals surface area contributed by atoms with Crippen LogP contribution in [0.15, 0.2) is 59.1 Å². The summed E-state index contributed by atoms with van der Waals surface area (Å²) in [6.45, 7) is 0. The van der Waals surface area contributed by atoms with Crippen LogP contribution in [0.25, 0.3) is 22.8 Å². The summed E-state index contributed by atoms with van der Waals surface area (Å²) in [5, 5.41) is 6.88. The number of rotatable bonds is 6. The lowest BCUT2D eigenvalue weighted by Crippen LogP contribution is -2.12. The Kier molecular flexibility index (Phi) is 5.23. The monoisotopic (exact) mass is 341 g/mol. The molecule has 1 aromatic heterocycles. The number of para-hydroxylation sites is 1. The van der Waals surface area contributed by atoms with E-state index < -0.39 is 0 Å². The van der Waals surface area contributed by atoms with Gasteiger partial charge in [0.15, 0.2) is 0 Å². The Bertz CT molecular complexity index is 818. The molecule has 0 aliphatic rings. The van der Waals surface area contributed by atoms with E-state index >= 15 is 0 Å². The van der Waals surface area contributed by atoms with Gasteiger partial charge in [-0.15, -0.1) is 11.6 Å². The third kappa shape index (κ3) is 3.81. The van der Waals surface area contributed by atoms with Crippen LogP contribution < -0.4 is 5.32 Å². The van der Waals surface area contributed by atoms with E-state index in [-0.39, 0.29) is 5.91 Å². The topological polar surface area (TPSA) is 68.0 Å². The molecule has 0 aliphatic heterocycles.